The molecule has 1 atom stereocenters. The number of nitrogens with one attached hydrogen (secondary N) is 1. The van der Waals surface area contributed by atoms with Crippen molar-refractivity contribution in [2.75, 3.05) is 18.4 Å². The normalized spacial score (nSPS) is 14.8. The largest absolute Gasteiger partial charge is 0.453 e. The van der Waals surface area contributed by atoms with Crippen molar-refractivity contribution >= 4 is 40.7 Å². The number of aliphatic hydroxyl groups excluding tert-OH is 1. The Morgan fingerprint density at radius 2 is 2.00 bits per heavy atom. The third-order valence-corrected chi connectivity index (χ3v) is 6.41. The van der Waals surface area contributed by atoms with Crippen LogP contribution in [0.2, 0.25) is 10.0 Å². The first-order valence-electron chi connectivity index (χ1n) is 11.4. The highest BCUT2D eigenvalue weighted by Crippen LogP contribution is 2.35. The number of halogens is 3. The van der Waals surface area contributed by atoms with Gasteiger partial charge in [-0.05, 0) is 61.4 Å². The summed E-state index contributed by atoms with van der Waals surface area (Å²) >= 11 is 12.1. The van der Waals surface area contributed by atoms with Crippen molar-refractivity contribution in [1.82, 2.24) is 4.90 Å². The van der Waals surface area contributed by atoms with E-state index >= 15 is 4.39 Å². The van der Waals surface area contributed by atoms with Gasteiger partial charge in [-0.2, -0.15) is 5.26 Å². The number of anilines is 1. The van der Waals surface area contributed by atoms with Gasteiger partial charge in [0.05, 0.1) is 29.2 Å². The first-order chi connectivity index (χ1) is 17.6. The summed E-state index contributed by atoms with van der Waals surface area (Å²) in [4.78, 5) is 27.0. The highest BCUT2D eigenvalue weighted by atomic mass is 35.5. The van der Waals surface area contributed by atoms with Gasteiger partial charge in [0.15, 0.2) is 11.6 Å². The number of rotatable bonds is 6. The van der Waals surface area contributed by atoms with Crippen LogP contribution in [0.4, 0.5) is 10.1 Å². The van der Waals surface area contributed by atoms with E-state index in [4.69, 9.17) is 33.2 Å². The van der Waals surface area contributed by atoms with Gasteiger partial charge in [-0.1, -0.05) is 29.3 Å². The molecule has 0 saturated carbocycles. The van der Waals surface area contributed by atoms with E-state index in [2.05, 4.69) is 5.32 Å². The van der Waals surface area contributed by atoms with Crippen LogP contribution in [0.25, 0.3) is 0 Å². The summed E-state index contributed by atoms with van der Waals surface area (Å²) in [5.41, 5.74) is 1.88. The van der Waals surface area contributed by atoms with Crippen LogP contribution in [-0.4, -0.2) is 41.0 Å². The summed E-state index contributed by atoms with van der Waals surface area (Å²) in [6, 6.07) is 13.9. The zero-order valence-corrected chi connectivity index (χ0v) is 21.2. The molecule has 10 heteroatoms. The number of ether oxygens (including phenoxy) is 1. The fourth-order valence-electron chi connectivity index (χ4n) is 4.02. The molecule has 0 aliphatic carbocycles. The van der Waals surface area contributed by atoms with E-state index in [9.17, 15) is 14.7 Å². The summed E-state index contributed by atoms with van der Waals surface area (Å²) in [5, 5.41) is 21.7. The van der Waals surface area contributed by atoms with Crippen molar-refractivity contribution < 1.29 is 23.8 Å². The van der Waals surface area contributed by atoms with Crippen LogP contribution < -0.4 is 10.1 Å². The highest BCUT2D eigenvalue weighted by molar-refractivity contribution is 6.32. The maximum atomic E-state index is 15.3. The Bertz CT molecular complexity index is 1420. The van der Waals surface area contributed by atoms with Crippen molar-refractivity contribution in [2.45, 2.75) is 25.9 Å². The average molecular weight is 542 g/mol. The predicted molar refractivity (Wildman–Crippen MR) is 138 cm³/mol. The first kappa shape index (κ1) is 26.4. The SMILES string of the molecule is Cc1cc(C(=O)N2CCC(O)C2)ccc1NC(=O)Cc1ccc(Cl)c(Oc2cc(Cl)cc(C#N)c2)c1F. The molecule has 0 bridgehead atoms. The number of amides is 2. The molecule has 1 saturated heterocycles. The zero-order valence-electron chi connectivity index (χ0n) is 19.7. The number of aryl methyl sites for hydroxylation is 1. The fraction of sp³-hybridized carbons (Fsp3) is 0.222. The molecule has 1 aliphatic rings. The van der Waals surface area contributed by atoms with Gasteiger partial charge in [0.25, 0.3) is 5.91 Å². The number of β-amino-alcohol motifs (C(OH)–C–C–N with tert-alkyl or cyclic N) is 1. The van der Waals surface area contributed by atoms with Gasteiger partial charge < -0.3 is 20.1 Å². The molecule has 7 nitrogen and oxygen atoms in total. The van der Waals surface area contributed by atoms with E-state index in [0.717, 1.165) is 0 Å². The molecule has 190 valence electrons. The smallest absolute Gasteiger partial charge is 0.253 e. The quantitative estimate of drug-likeness (QED) is 0.429. The van der Waals surface area contributed by atoms with Gasteiger partial charge in [-0.3, -0.25) is 9.59 Å². The molecule has 37 heavy (non-hydrogen) atoms. The van der Waals surface area contributed by atoms with Crippen molar-refractivity contribution in [1.29, 1.82) is 5.26 Å². The molecule has 2 amide bonds. The summed E-state index contributed by atoms with van der Waals surface area (Å²) < 4.78 is 20.8. The molecule has 3 aromatic carbocycles. The van der Waals surface area contributed by atoms with Gasteiger partial charge in [0.2, 0.25) is 5.91 Å². The van der Waals surface area contributed by atoms with Crippen LogP contribution in [0.5, 0.6) is 11.5 Å². The standard InChI is InChI=1S/C27H22Cl2FN3O4/c1-15-8-18(27(36)33-7-6-20(34)14-33)3-5-23(15)32-24(35)11-17-2-4-22(29)26(25(17)30)37-21-10-16(13-31)9-19(28)12-21/h2-5,8-10,12,20,34H,6-7,11,14H2,1H3,(H,32,35). The van der Waals surface area contributed by atoms with Crippen molar-refractivity contribution in [3.63, 3.8) is 0 Å². The molecular weight excluding hydrogens is 520 g/mol. The third kappa shape index (κ3) is 6.20. The molecule has 3 aromatic rings. The van der Waals surface area contributed by atoms with Crippen LogP contribution in [0.15, 0.2) is 48.5 Å². The fourth-order valence-corrected chi connectivity index (χ4v) is 4.43. The lowest BCUT2D eigenvalue weighted by Gasteiger charge is -2.17. The number of likely N-dealkylation sites (tertiary alicyclic amines) is 1. The van der Waals surface area contributed by atoms with Crippen LogP contribution in [0, 0.1) is 24.1 Å². The topological polar surface area (TPSA) is 103 Å². The average Bonchev–Trinajstić information content (AvgIpc) is 3.30. The molecule has 0 spiro atoms. The van der Waals surface area contributed by atoms with E-state index in [1.165, 1.54) is 30.3 Å². The van der Waals surface area contributed by atoms with Crippen molar-refractivity contribution in [3.8, 4) is 17.6 Å². The lowest BCUT2D eigenvalue weighted by atomic mass is 10.1. The molecule has 1 unspecified atom stereocenters. The second-order valence-corrected chi connectivity index (χ2v) is 9.53. The molecule has 0 radical (unpaired) electrons. The van der Waals surface area contributed by atoms with Crippen molar-refractivity contribution in [2.24, 2.45) is 0 Å². The lowest BCUT2D eigenvalue weighted by molar-refractivity contribution is -0.115. The molecule has 0 aromatic heterocycles. The van der Waals surface area contributed by atoms with E-state index in [0.29, 0.717) is 36.3 Å². The minimum Gasteiger partial charge on any atom is -0.453 e. The molecule has 2 N–H and O–H groups in total. The second-order valence-electron chi connectivity index (χ2n) is 8.69. The number of nitriles is 1. The Morgan fingerprint density at radius 1 is 1.22 bits per heavy atom. The Balaban J connectivity index is 1.47. The summed E-state index contributed by atoms with van der Waals surface area (Å²) in [5.74, 6) is -1.64. The van der Waals surface area contributed by atoms with Gasteiger partial charge in [0.1, 0.15) is 5.75 Å². The molecule has 4 rings (SSSR count). The van der Waals surface area contributed by atoms with Gasteiger partial charge in [-0.25, -0.2) is 4.39 Å². The number of hydrogen-bond donors (Lipinski definition) is 2. The summed E-state index contributed by atoms with van der Waals surface area (Å²) in [6.07, 6.45) is -0.264. The Hall–Kier alpha value is -3.64. The Kier molecular flexibility index (Phi) is 7.98. The van der Waals surface area contributed by atoms with Gasteiger partial charge in [-0.15, -0.1) is 0 Å². The second kappa shape index (κ2) is 11.2. The predicted octanol–water partition coefficient (Wildman–Crippen LogP) is 5.49. The molecule has 1 aliphatic heterocycles. The van der Waals surface area contributed by atoms with Crippen LogP contribution >= 0.6 is 23.2 Å². The van der Waals surface area contributed by atoms with Gasteiger partial charge >= 0.3 is 0 Å². The molecule has 1 fully saturated rings. The molecule has 1 heterocycles. The van der Waals surface area contributed by atoms with E-state index < -0.39 is 17.8 Å². The summed E-state index contributed by atoms with van der Waals surface area (Å²) in [7, 11) is 0. The third-order valence-electron chi connectivity index (χ3n) is 5.90. The Morgan fingerprint density at radius 3 is 2.68 bits per heavy atom. The van der Waals surface area contributed by atoms with E-state index in [1.54, 1.807) is 30.0 Å². The van der Waals surface area contributed by atoms with E-state index in [-0.39, 0.29) is 45.0 Å². The number of hydrogen-bond acceptors (Lipinski definition) is 5. The number of carbonyl (C=O) groups is 2. The zero-order chi connectivity index (χ0) is 26.7. The van der Waals surface area contributed by atoms with E-state index in [1.807, 2.05) is 6.07 Å². The lowest BCUT2D eigenvalue weighted by Crippen LogP contribution is -2.29. The van der Waals surface area contributed by atoms with Crippen molar-refractivity contribution in [3.05, 3.63) is 86.6 Å². The highest BCUT2D eigenvalue weighted by Gasteiger charge is 2.25. The minimum atomic E-state index is -0.813. The number of benzene rings is 3. The maximum Gasteiger partial charge on any atom is 0.253 e. The van der Waals surface area contributed by atoms with Crippen LogP contribution in [-0.2, 0) is 11.2 Å². The van der Waals surface area contributed by atoms with Crippen LogP contribution in [0.1, 0.15) is 33.5 Å². The summed E-state index contributed by atoms with van der Waals surface area (Å²) in [6.45, 7) is 2.54. The monoisotopic (exact) mass is 541 g/mol. The number of carbonyl (C=O) groups excluding carboxylic acids is 2. The number of nitrogens with zero attached hydrogens (tertiary/aromatic N) is 2. The number of aliphatic hydroxyl groups is 1. The maximum absolute atomic E-state index is 15.3. The first-order valence-corrected chi connectivity index (χ1v) is 12.1. The van der Waals surface area contributed by atoms with Gasteiger partial charge in [0, 0.05) is 34.9 Å². The molecular formula is C27H22Cl2FN3O4. The Labute approximate surface area is 223 Å². The van der Waals surface area contributed by atoms with Crippen LogP contribution in [0.3, 0.4) is 0 Å². The minimum absolute atomic E-state index is 0.0123.